The van der Waals surface area contributed by atoms with E-state index >= 15 is 0 Å². The Morgan fingerprint density at radius 2 is 2.08 bits per heavy atom. The molecule has 4 heterocycles. The maximum atomic E-state index is 12.3. The Balaban J connectivity index is 1.75. The summed E-state index contributed by atoms with van der Waals surface area (Å²) in [7, 11) is 0. The van der Waals surface area contributed by atoms with Crippen LogP contribution in [0.1, 0.15) is 20.8 Å². The minimum absolute atomic E-state index is 0.430. The summed E-state index contributed by atoms with van der Waals surface area (Å²) in [6.45, 7) is 5.52. The standard InChI is InChI=1S/C16H15N5O2S/c1-16(2,3)23-15(22)20-7-6-12-13(20)18-14(24-12)10-4-5-11-8-17-19-21(11)9-10/h4-9H,1-3H3. The highest BCUT2D eigenvalue weighted by atomic mass is 32.1. The average molecular weight is 341 g/mol. The minimum atomic E-state index is -0.551. The van der Waals surface area contributed by atoms with E-state index in [9.17, 15) is 4.79 Å². The van der Waals surface area contributed by atoms with Gasteiger partial charge in [-0.05, 0) is 39.0 Å². The summed E-state index contributed by atoms with van der Waals surface area (Å²) in [6, 6.07) is 5.77. The molecule has 122 valence electrons. The third-order valence-electron chi connectivity index (χ3n) is 3.37. The number of pyridine rings is 1. The van der Waals surface area contributed by atoms with Gasteiger partial charge in [0.2, 0.25) is 0 Å². The Labute approximate surface area is 141 Å². The number of thiazole rings is 1. The predicted molar refractivity (Wildman–Crippen MR) is 91.2 cm³/mol. The van der Waals surface area contributed by atoms with Gasteiger partial charge in [0.1, 0.15) is 10.6 Å². The first-order valence-corrected chi connectivity index (χ1v) is 8.24. The largest absolute Gasteiger partial charge is 0.443 e. The summed E-state index contributed by atoms with van der Waals surface area (Å²) >= 11 is 1.52. The second-order valence-electron chi connectivity index (χ2n) is 6.39. The summed E-state index contributed by atoms with van der Waals surface area (Å²) in [5.41, 5.74) is 1.89. The van der Waals surface area contributed by atoms with Crippen molar-refractivity contribution in [1.29, 1.82) is 0 Å². The zero-order valence-corrected chi connectivity index (χ0v) is 14.2. The Morgan fingerprint density at radius 3 is 2.88 bits per heavy atom. The van der Waals surface area contributed by atoms with Crippen molar-refractivity contribution in [1.82, 2.24) is 24.4 Å². The zero-order valence-electron chi connectivity index (χ0n) is 13.4. The lowest BCUT2D eigenvalue weighted by atomic mass is 10.2. The number of carbonyl (C=O) groups excluding carboxylic acids is 1. The number of aromatic nitrogens is 5. The average Bonchev–Trinajstić information content (AvgIpc) is 3.19. The van der Waals surface area contributed by atoms with E-state index in [1.807, 2.05) is 45.2 Å². The SMILES string of the molecule is CC(C)(C)OC(=O)n1ccc2sc(-c3ccc4cnnn4c3)nc21. The number of hydrogen-bond donors (Lipinski definition) is 0. The molecule has 0 aromatic carbocycles. The van der Waals surface area contributed by atoms with Crippen LogP contribution in [0.3, 0.4) is 0 Å². The monoisotopic (exact) mass is 341 g/mol. The highest BCUT2D eigenvalue weighted by Crippen LogP contribution is 2.31. The summed E-state index contributed by atoms with van der Waals surface area (Å²) in [4.78, 5) is 16.9. The maximum Gasteiger partial charge on any atom is 0.420 e. The van der Waals surface area contributed by atoms with Crippen LogP contribution in [0.25, 0.3) is 26.4 Å². The number of ether oxygens (including phenoxy) is 1. The molecule has 0 aliphatic heterocycles. The van der Waals surface area contributed by atoms with Crippen molar-refractivity contribution in [2.45, 2.75) is 26.4 Å². The van der Waals surface area contributed by atoms with Gasteiger partial charge in [0, 0.05) is 18.0 Å². The second kappa shape index (κ2) is 5.13. The van der Waals surface area contributed by atoms with Crippen LogP contribution in [0.5, 0.6) is 0 Å². The Kier molecular flexibility index (Phi) is 3.17. The normalized spacial score (nSPS) is 12.1. The van der Waals surface area contributed by atoms with E-state index in [4.69, 9.17) is 4.74 Å². The third-order valence-corrected chi connectivity index (χ3v) is 4.43. The van der Waals surface area contributed by atoms with Crippen molar-refractivity contribution in [3.8, 4) is 10.6 Å². The molecule has 4 rings (SSSR count). The number of hydrogen-bond acceptors (Lipinski definition) is 6. The highest BCUT2D eigenvalue weighted by molar-refractivity contribution is 7.21. The predicted octanol–water partition coefficient (Wildman–Crippen LogP) is 3.59. The van der Waals surface area contributed by atoms with Gasteiger partial charge in [0.25, 0.3) is 0 Å². The highest BCUT2D eigenvalue weighted by Gasteiger charge is 2.21. The second-order valence-corrected chi connectivity index (χ2v) is 7.42. The Hall–Kier alpha value is -2.74. The van der Waals surface area contributed by atoms with Crippen LogP contribution in [0.2, 0.25) is 0 Å². The van der Waals surface area contributed by atoms with Crippen molar-refractivity contribution in [3.63, 3.8) is 0 Å². The molecule has 0 amide bonds. The molecule has 0 aliphatic carbocycles. The van der Waals surface area contributed by atoms with Crippen molar-refractivity contribution < 1.29 is 9.53 Å². The van der Waals surface area contributed by atoms with E-state index in [-0.39, 0.29) is 0 Å². The summed E-state index contributed by atoms with van der Waals surface area (Å²) in [6.07, 6.45) is 4.82. The molecule has 4 aromatic rings. The minimum Gasteiger partial charge on any atom is -0.443 e. The molecular weight excluding hydrogens is 326 g/mol. The summed E-state index contributed by atoms with van der Waals surface area (Å²) < 4.78 is 9.48. The maximum absolute atomic E-state index is 12.3. The van der Waals surface area contributed by atoms with Gasteiger partial charge in [0.05, 0.1) is 16.4 Å². The first kappa shape index (κ1) is 14.8. The van der Waals surface area contributed by atoms with Crippen LogP contribution >= 0.6 is 11.3 Å². The molecule has 0 bridgehead atoms. The van der Waals surface area contributed by atoms with Gasteiger partial charge in [-0.25, -0.2) is 18.9 Å². The number of rotatable bonds is 1. The number of nitrogens with zero attached hydrogens (tertiary/aromatic N) is 5. The quantitative estimate of drug-likeness (QED) is 0.529. The molecule has 24 heavy (non-hydrogen) atoms. The molecule has 7 nitrogen and oxygen atoms in total. The lowest BCUT2D eigenvalue weighted by Gasteiger charge is -2.19. The van der Waals surface area contributed by atoms with Crippen molar-refractivity contribution in [2.75, 3.05) is 0 Å². The van der Waals surface area contributed by atoms with Crippen LogP contribution in [0, 0.1) is 0 Å². The molecule has 0 saturated carbocycles. The lowest BCUT2D eigenvalue weighted by Crippen LogP contribution is -2.26. The van der Waals surface area contributed by atoms with Crippen molar-refractivity contribution in [2.24, 2.45) is 0 Å². The van der Waals surface area contributed by atoms with Gasteiger partial charge in [-0.1, -0.05) is 5.21 Å². The van der Waals surface area contributed by atoms with Crippen LogP contribution < -0.4 is 0 Å². The fourth-order valence-electron chi connectivity index (χ4n) is 2.35. The van der Waals surface area contributed by atoms with Crippen LogP contribution in [-0.4, -0.2) is 36.1 Å². The first-order chi connectivity index (χ1) is 11.4. The van der Waals surface area contributed by atoms with E-state index in [1.54, 1.807) is 16.9 Å². The van der Waals surface area contributed by atoms with Gasteiger partial charge in [0.15, 0.2) is 5.65 Å². The molecule has 0 unspecified atom stereocenters. The molecule has 0 saturated heterocycles. The van der Waals surface area contributed by atoms with Crippen LogP contribution in [0.15, 0.2) is 36.8 Å². The van der Waals surface area contributed by atoms with Crippen LogP contribution in [0.4, 0.5) is 4.79 Å². The van der Waals surface area contributed by atoms with Gasteiger partial charge in [-0.3, -0.25) is 0 Å². The van der Waals surface area contributed by atoms with Gasteiger partial charge in [-0.15, -0.1) is 16.4 Å². The summed E-state index contributed by atoms with van der Waals surface area (Å²) in [5, 5.41) is 8.68. The molecule has 4 aromatic heterocycles. The molecule has 0 spiro atoms. The van der Waals surface area contributed by atoms with Gasteiger partial charge >= 0.3 is 6.09 Å². The van der Waals surface area contributed by atoms with E-state index in [0.29, 0.717) is 5.65 Å². The van der Waals surface area contributed by atoms with Crippen LogP contribution in [-0.2, 0) is 4.74 Å². The van der Waals surface area contributed by atoms with Gasteiger partial charge < -0.3 is 4.74 Å². The topological polar surface area (TPSA) is 74.3 Å². The molecule has 0 N–H and O–H groups in total. The smallest absolute Gasteiger partial charge is 0.420 e. The summed E-state index contributed by atoms with van der Waals surface area (Å²) in [5.74, 6) is 0. The van der Waals surface area contributed by atoms with E-state index in [0.717, 1.165) is 20.8 Å². The molecule has 0 atom stereocenters. The van der Waals surface area contributed by atoms with Crippen molar-refractivity contribution >= 4 is 33.3 Å². The Morgan fingerprint density at radius 1 is 1.25 bits per heavy atom. The first-order valence-electron chi connectivity index (χ1n) is 7.42. The fraction of sp³-hybridized carbons (Fsp3) is 0.250. The van der Waals surface area contributed by atoms with E-state index < -0.39 is 11.7 Å². The molecule has 8 heteroatoms. The van der Waals surface area contributed by atoms with E-state index in [2.05, 4.69) is 15.3 Å². The third kappa shape index (κ3) is 2.54. The van der Waals surface area contributed by atoms with E-state index in [1.165, 1.54) is 15.9 Å². The number of carbonyl (C=O) groups is 1. The number of fused-ring (bicyclic) bond motifs is 2. The molecule has 0 aliphatic rings. The molecular formula is C16H15N5O2S. The Bertz CT molecular complexity index is 1050. The molecule has 0 fully saturated rings. The molecule has 0 radical (unpaired) electrons. The lowest BCUT2D eigenvalue weighted by molar-refractivity contribution is 0.0544. The zero-order chi connectivity index (χ0) is 16.9. The van der Waals surface area contributed by atoms with Gasteiger partial charge in [-0.2, -0.15) is 0 Å². The van der Waals surface area contributed by atoms with Crippen molar-refractivity contribution in [3.05, 3.63) is 36.8 Å². The fourth-order valence-corrected chi connectivity index (χ4v) is 3.29.